The third-order valence-corrected chi connectivity index (χ3v) is 8.07. The predicted molar refractivity (Wildman–Crippen MR) is 105 cm³/mol. The van der Waals surface area contributed by atoms with Crippen molar-refractivity contribution in [3.8, 4) is 0 Å². The average molecular weight is 404 g/mol. The number of likely N-dealkylation sites (tertiary alicyclic amines) is 1. The molecule has 1 aromatic rings. The highest BCUT2D eigenvalue weighted by molar-refractivity contribution is 7.90. The molecule has 3 heterocycles. The molecule has 2 unspecified atom stereocenters. The first kappa shape index (κ1) is 17.9. The lowest BCUT2D eigenvalue weighted by Crippen LogP contribution is -2.44. The zero-order valence-corrected chi connectivity index (χ0v) is 16.4. The van der Waals surface area contributed by atoms with Crippen molar-refractivity contribution in [1.82, 2.24) is 9.62 Å². The van der Waals surface area contributed by atoms with Crippen LogP contribution in [-0.2, 0) is 14.8 Å². The number of nitrogens with zero attached hydrogens (tertiary/aromatic N) is 2. The van der Waals surface area contributed by atoms with E-state index in [0.717, 1.165) is 37.9 Å². The Balaban J connectivity index is 1.32. The van der Waals surface area contributed by atoms with Crippen molar-refractivity contribution in [2.24, 2.45) is 0 Å². The van der Waals surface area contributed by atoms with Crippen molar-refractivity contribution in [3.63, 3.8) is 0 Å². The molecule has 4 aliphatic rings. The van der Waals surface area contributed by atoms with Gasteiger partial charge in [-0.25, -0.2) is 13.1 Å². The smallest absolute Gasteiger partial charge is 0.253 e. The molecular weight excluding hydrogens is 380 g/mol. The Kier molecular flexibility index (Phi) is 4.13. The van der Waals surface area contributed by atoms with E-state index in [1.807, 2.05) is 6.07 Å². The summed E-state index contributed by atoms with van der Waals surface area (Å²) in [5, 5.41) is 2.37. The topological polar surface area (TPSA) is 98.8 Å². The maximum Gasteiger partial charge on any atom is 0.253 e. The van der Waals surface area contributed by atoms with Crippen molar-refractivity contribution in [2.75, 3.05) is 29.9 Å². The normalized spacial score (nSPS) is 26.8. The van der Waals surface area contributed by atoms with Crippen LogP contribution in [0, 0.1) is 0 Å². The summed E-state index contributed by atoms with van der Waals surface area (Å²) in [6, 6.07) is 5.34. The Bertz CT molecular complexity index is 943. The Morgan fingerprint density at radius 3 is 2.75 bits per heavy atom. The fourth-order valence-electron chi connectivity index (χ4n) is 4.44. The average Bonchev–Trinajstić information content (AvgIpc) is 3.15. The number of rotatable bonds is 4. The summed E-state index contributed by atoms with van der Waals surface area (Å²) in [5.74, 6) is -0.210. The molecule has 2 N–H and O–H groups in total. The van der Waals surface area contributed by atoms with E-state index in [9.17, 15) is 18.0 Å². The number of amides is 2. The molecule has 8 nitrogen and oxygen atoms in total. The molecule has 1 aliphatic carbocycles. The molecule has 3 fully saturated rings. The summed E-state index contributed by atoms with van der Waals surface area (Å²) < 4.78 is 27.6. The first-order chi connectivity index (χ1) is 13.4. The van der Waals surface area contributed by atoms with E-state index in [-0.39, 0.29) is 30.4 Å². The van der Waals surface area contributed by atoms with Crippen LogP contribution in [-0.4, -0.2) is 62.1 Å². The van der Waals surface area contributed by atoms with Gasteiger partial charge in [0, 0.05) is 31.2 Å². The predicted octanol–water partition coefficient (Wildman–Crippen LogP) is 0.904. The van der Waals surface area contributed by atoms with Crippen molar-refractivity contribution in [1.29, 1.82) is 0 Å². The van der Waals surface area contributed by atoms with Gasteiger partial charge >= 0.3 is 0 Å². The summed E-state index contributed by atoms with van der Waals surface area (Å²) in [5.41, 5.74) is 2.09. The number of fused-ring (bicyclic) bond motifs is 3. The zero-order valence-electron chi connectivity index (χ0n) is 15.6. The largest absolute Gasteiger partial charge is 0.358 e. The van der Waals surface area contributed by atoms with Crippen LogP contribution in [0.4, 0.5) is 11.4 Å². The molecule has 2 amide bonds. The summed E-state index contributed by atoms with van der Waals surface area (Å²) in [6.45, 7) is 1.48. The number of benzene rings is 1. The van der Waals surface area contributed by atoms with Gasteiger partial charge in [0.25, 0.3) is 5.91 Å². The molecule has 28 heavy (non-hydrogen) atoms. The maximum atomic E-state index is 12.9. The van der Waals surface area contributed by atoms with Crippen molar-refractivity contribution in [3.05, 3.63) is 23.8 Å². The quantitative estimate of drug-likeness (QED) is 0.777. The van der Waals surface area contributed by atoms with Crippen molar-refractivity contribution >= 4 is 33.2 Å². The van der Waals surface area contributed by atoms with Gasteiger partial charge in [-0.05, 0) is 50.3 Å². The fourth-order valence-corrected chi connectivity index (χ4v) is 6.13. The summed E-state index contributed by atoms with van der Waals surface area (Å²) in [6.07, 6.45) is 4.08. The Morgan fingerprint density at radius 1 is 1.14 bits per heavy atom. The van der Waals surface area contributed by atoms with E-state index in [4.69, 9.17) is 0 Å². The molecule has 3 aliphatic heterocycles. The van der Waals surface area contributed by atoms with Gasteiger partial charge in [0.1, 0.15) is 6.04 Å². The van der Waals surface area contributed by atoms with Crippen LogP contribution in [0.15, 0.2) is 18.2 Å². The van der Waals surface area contributed by atoms with Gasteiger partial charge < -0.3 is 15.1 Å². The van der Waals surface area contributed by atoms with E-state index >= 15 is 0 Å². The summed E-state index contributed by atoms with van der Waals surface area (Å²) >= 11 is 0. The van der Waals surface area contributed by atoms with Crippen LogP contribution in [0.3, 0.4) is 0 Å². The SMILES string of the molecule is O=C1Nc2cc(C(=O)N3CCC(S(=O)(=O)NC4CC4)C3)ccc2N2CCCC12. The number of carbonyl (C=O) groups excluding carboxylic acids is 2. The van der Waals surface area contributed by atoms with Gasteiger partial charge in [-0.15, -0.1) is 0 Å². The minimum absolute atomic E-state index is 0.0203. The second-order valence-electron chi connectivity index (χ2n) is 8.17. The van der Waals surface area contributed by atoms with Crippen LogP contribution in [0.5, 0.6) is 0 Å². The third kappa shape index (κ3) is 3.06. The number of anilines is 2. The highest BCUT2D eigenvalue weighted by Gasteiger charge is 2.39. The Hall–Kier alpha value is -2.13. The number of sulfonamides is 1. The van der Waals surface area contributed by atoms with Gasteiger partial charge in [0.05, 0.1) is 16.6 Å². The van der Waals surface area contributed by atoms with Crippen LogP contribution in [0.2, 0.25) is 0 Å². The van der Waals surface area contributed by atoms with Gasteiger partial charge in [-0.2, -0.15) is 0 Å². The second-order valence-corrected chi connectivity index (χ2v) is 10.2. The van der Waals surface area contributed by atoms with E-state index in [1.54, 1.807) is 17.0 Å². The molecule has 9 heteroatoms. The van der Waals surface area contributed by atoms with E-state index < -0.39 is 15.3 Å². The molecule has 0 radical (unpaired) electrons. The molecule has 2 atom stereocenters. The van der Waals surface area contributed by atoms with Gasteiger partial charge in [0.2, 0.25) is 15.9 Å². The van der Waals surface area contributed by atoms with Crippen molar-refractivity contribution in [2.45, 2.75) is 49.4 Å². The molecule has 1 aromatic carbocycles. The van der Waals surface area contributed by atoms with Gasteiger partial charge in [0.15, 0.2) is 0 Å². The number of hydrogen-bond donors (Lipinski definition) is 2. The minimum atomic E-state index is -3.38. The zero-order chi connectivity index (χ0) is 19.5. The molecule has 5 rings (SSSR count). The maximum absolute atomic E-state index is 12.9. The van der Waals surface area contributed by atoms with Gasteiger partial charge in [-0.1, -0.05) is 0 Å². The van der Waals surface area contributed by atoms with Crippen LogP contribution in [0.1, 0.15) is 42.5 Å². The number of carbonyl (C=O) groups is 2. The fraction of sp³-hybridized carbons (Fsp3) is 0.579. The van der Waals surface area contributed by atoms with E-state index in [0.29, 0.717) is 24.2 Å². The molecule has 1 saturated carbocycles. The number of nitrogens with one attached hydrogen (secondary N) is 2. The summed E-state index contributed by atoms with van der Waals surface area (Å²) in [4.78, 5) is 28.9. The van der Waals surface area contributed by atoms with Crippen LogP contribution < -0.4 is 14.9 Å². The first-order valence-electron chi connectivity index (χ1n) is 9.94. The molecule has 150 valence electrons. The molecular formula is C19H24N4O4S. The lowest BCUT2D eigenvalue weighted by atomic mass is 10.1. The summed E-state index contributed by atoms with van der Waals surface area (Å²) in [7, 11) is -3.38. The standard InChI is InChI=1S/C19H24N4O4S/c24-18-17-2-1-8-23(17)16-6-3-12(10-15(16)20-18)19(25)22-9-7-14(11-22)28(26,27)21-13-4-5-13/h3,6,10,13-14,17,21H,1-2,4-5,7-9,11H2,(H,20,24). The molecule has 0 spiro atoms. The molecule has 0 bridgehead atoms. The third-order valence-electron chi connectivity index (χ3n) is 6.15. The number of hydrogen-bond acceptors (Lipinski definition) is 5. The molecule has 0 aromatic heterocycles. The minimum Gasteiger partial charge on any atom is -0.358 e. The highest BCUT2D eigenvalue weighted by Crippen LogP contribution is 2.37. The van der Waals surface area contributed by atoms with Crippen molar-refractivity contribution < 1.29 is 18.0 Å². The van der Waals surface area contributed by atoms with Crippen LogP contribution in [0.25, 0.3) is 0 Å². The lowest BCUT2D eigenvalue weighted by molar-refractivity contribution is -0.117. The monoisotopic (exact) mass is 404 g/mol. The highest BCUT2D eigenvalue weighted by atomic mass is 32.2. The van der Waals surface area contributed by atoms with E-state index in [1.165, 1.54) is 0 Å². The first-order valence-corrected chi connectivity index (χ1v) is 11.5. The Morgan fingerprint density at radius 2 is 1.96 bits per heavy atom. The second kappa shape index (κ2) is 6.45. The van der Waals surface area contributed by atoms with E-state index in [2.05, 4.69) is 14.9 Å². The molecule has 2 saturated heterocycles. The Labute approximate surface area is 164 Å². The van der Waals surface area contributed by atoms with Crippen LogP contribution >= 0.6 is 0 Å². The lowest BCUT2D eigenvalue weighted by Gasteiger charge is -2.33. The van der Waals surface area contributed by atoms with Gasteiger partial charge in [-0.3, -0.25) is 9.59 Å².